The maximum atomic E-state index is 11.4. The van der Waals surface area contributed by atoms with Crippen molar-refractivity contribution in [2.75, 3.05) is 31.1 Å². The van der Waals surface area contributed by atoms with Crippen LogP contribution in [0.4, 0.5) is 5.95 Å². The van der Waals surface area contributed by atoms with Crippen molar-refractivity contribution in [2.45, 2.75) is 19.9 Å². The van der Waals surface area contributed by atoms with Gasteiger partial charge in [0.15, 0.2) is 0 Å². The SMILES string of the molecule is CC(=O)N1CCCN(c2nccc(CN)n2)CC1. The number of rotatable bonds is 2. The molecule has 0 aromatic carbocycles. The molecule has 0 radical (unpaired) electrons. The van der Waals surface area contributed by atoms with Gasteiger partial charge >= 0.3 is 0 Å². The molecule has 1 aromatic rings. The quantitative estimate of drug-likeness (QED) is 0.798. The number of nitrogens with zero attached hydrogens (tertiary/aromatic N) is 4. The van der Waals surface area contributed by atoms with E-state index in [-0.39, 0.29) is 5.91 Å². The summed E-state index contributed by atoms with van der Waals surface area (Å²) in [7, 11) is 0. The zero-order valence-corrected chi connectivity index (χ0v) is 10.7. The lowest BCUT2D eigenvalue weighted by Crippen LogP contribution is -2.34. The first-order valence-corrected chi connectivity index (χ1v) is 6.23. The average Bonchev–Trinajstić information content (AvgIpc) is 2.64. The lowest BCUT2D eigenvalue weighted by Gasteiger charge is -2.21. The summed E-state index contributed by atoms with van der Waals surface area (Å²) in [5.74, 6) is 0.844. The van der Waals surface area contributed by atoms with Crippen LogP contribution in [-0.4, -0.2) is 47.0 Å². The molecule has 18 heavy (non-hydrogen) atoms. The van der Waals surface area contributed by atoms with Crippen molar-refractivity contribution in [3.8, 4) is 0 Å². The molecule has 0 unspecified atom stereocenters. The Balaban J connectivity index is 2.07. The molecule has 0 bridgehead atoms. The van der Waals surface area contributed by atoms with Gasteiger partial charge in [0.25, 0.3) is 0 Å². The first kappa shape index (κ1) is 12.8. The van der Waals surface area contributed by atoms with Crippen LogP contribution in [0.2, 0.25) is 0 Å². The third-order valence-corrected chi connectivity index (χ3v) is 3.13. The van der Waals surface area contributed by atoms with Gasteiger partial charge in [-0.05, 0) is 12.5 Å². The number of carbonyl (C=O) groups is 1. The third-order valence-electron chi connectivity index (χ3n) is 3.13. The van der Waals surface area contributed by atoms with Crippen molar-refractivity contribution in [2.24, 2.45) is 5.73 Å². The monoisotopic (exact) mass is 249 g/mol. The van der Waals surface area contributed by atoms with Crippen LogP contribution in [0.1, 0.15) is 19.0 Å². The topological polar surface area (TPSA) is 75.4 Å². The zero-order chi connectivity index (χ0) is 13.0. The number of hydrogen-bond donors (Lipinski definition) is 1. The summed E-state index contributed by atoms with van der Waals surface area (Å²) >= 11 is 0. The van der Waals surface area contributed by atoms with E-state index in [0.29, 0.717) is 12.5 Å². The Bertz CT molecular complexity index is 423. The van der Waals surface area contributed by atoms with Crippen LogP contribution in [-0.2, 0) is 11.3 Å². The lowest BCUT2D eigenvalue weighted by atomic mass is 10.4. The van der Waals surface area contributed by atoms with Crippen LogP contribution in [0, 0.1) is 0 Å². The van der Waals surface area contributed by atoms with Gasteiger partial charge in [-0.25, -0.2) is 9.97 Å². The predicted octanol–water partition coefficient (Wildman–Crippen LogP) is -0.00610. The standard InChI is InChI=1S/C12H19N5O/c1-10(18)16-5-2-6-17(8-7-16)12-14-4-3-11(9-13)15-12/h3-4H,2,5-9,13H2,1H3. The second kappa shape index (κ2) is 5.77. The third kappa shape index (κ3) is 2.95. The minimum atomic E-state index is 0.133. The number of amides is 1. The number of anilines is 1. The van der Waals surface area contributed by atoms with Gasteiger partial charge in [0.2, 0.25) is 11.9 Å². The molecule has 6 heteroatoms. The fourth-order valence-electron chi connectivity index (χ4n) is 2.08. The van der Waals surface area contributed by atoms with Gasteiger partial charge in [0.05, 0.1) is 5.69 Å². The van der Waals surface area contributed by atoms with Crippen molar-refractivity contribution in [3.05, 3.63) is 18.0 Å². The molecule has 1 saturated heterocycles. The predicted molar refractivity (Wildman–Crippen MR) is 69.0 cm³/mol. The molecule has 1 aliphatic heterocycles. The maximum absolute atomic E-state index is 11.4. The highest BCUT2D eigenvalue weighted by molar-refractivity contribution is 5.73. The fraction of sp³-hybridized carbons (Fsp3) is 0.583. The summed E-state index contributed by atoms with van der Waals surface area (Å²) in [6.07, 6.45) is 2.67. The van der Waals surface area contributed by atoms with E-state index in [1.807, 2.05) is 11.0 Å². The summed E-state index contributed by atoms with van der Waals surface area (Å²) in [5.41, 5.74) is 6.42. The summed E-state index contributed by atoms with van der Waals surface area (Å²) in [4.78, 5) is 24.0. The van der Waals surface area contributed by atoms with E-state index < -0.39 is 0 Å². The van der Waals surface area contributed by atoms with E-state index in [4.69, 9.17) is 5.73 Å². The van der Waals surface area contributed by atoms with E-state index in [1.165, 1.54) is 0 Å². The molecule has 1 fully saturated rings. The molecular formula is C12H19N5O. The molecule has 1 amide bonds. The molecule has 2 heterocycles. The molecule has 0 aliphatic carbocycles. The Morgan fingerprint density at radius 3 is 2.94 bits per heavy atom. The van der Waals surface area contributed by atoms with Crippen LogP contribution >= 0.6 is 0 Å². The van der Waals surface area contributed by atoms with Crippen LogP contribution in [0.3, 0.4) is 0 Å². The van der Waals surface area contributed by atoms with E-state index in [0.717, 1.165) is 38.3 Å². The van der Waals surface area contributed by atoms with Crippen LogP contribution in [0.5, 0.6) is 0 Å². The van der Waals surface area contributed by atoms with Gasteiger partial charge in [-0.3, -0.25) is 4.79 Å². The molecule has 0 saturated carbocycles. The Morgan fingerprint density at radius 1 is 1.39 bits per heavy atom. The van der Waals surface area contributed by atoms with Crippen molar-refractivity contribution >= 4 is 11.9 Å². The van der Waals surface area contributed by atoms with Crippen LogP contribution < -0.4 is 10.6 Å². The second-order valence-electron chi connectivity index (χ2n) is 4.40. The van der Waals surface area contributed by atoms with Crippen LogP contribution in [0.25, 0.3) is 0 Å². The van der Waals surface area contributed by atoms with E-state index in [9.17, 15) is 4.79 Å². The smallest absolute Gasteiger partial charge is 0.225 e. The highest BCUT2D eigenvalue weighted by Crippen LogP contribution is 2.11. The lowest BCUT2D eigenvalue weighted by molar-refractivity contribution is -0.128. The van der Waals surface area contributed by atoms with E-state index in [2.05, 4.69) is 14.9 Å². The zero-order valence-electron chi connectivity index (χ0n) is 10.7. The molecule has 98 valence electrons. The van der Waals surface area contributed by atoms with Gasteiger partial charge in [-0.2, -0.15) is 0 Å². The van der Waals surface area contributed by atoms with Crippen molar-refractivity contribution < 1.29 is 4.79 Å². The molecule has 6 nitrogen and oxygen atoms in total. The van der Waals surface area contributed by atoms with Crippen molar-refractivity contribution in [3.63, 3.8) is 0 Å². The fourth-order valence-corrected chi connectivity index (χ4v) is 2.08. The Hall–Kier alpha value is -1.69. The number of aromatic nitrogens is 2. The molecular weight excluding hydrogens is 230 g/mol. The Kier molecular flexibility index (Phi) is 4.09. The number of nitrogens with two attached hydrogens (primary N) is 1. The minimum Gasteiger partial charge on any atom is -0.341 e. The molecule has 2 N–H and O–H groups in total. The summed E-state index contributed by atoms with van der Waals surface area (Å²) in [6.45, 7) is 5.21. The van der Waals surface area contributed by atoms with Gasteiger partial charge in [0.1, 0.15) is 0 Å². The number of hydrogen-bond acceptors (Lipinski definition) is 5. The summed E-state index contributed by atoms with van der Waals surface area (Å²) in [6, 6.07) is 1.82. The first-order valence-electron chi connectivity index (χ1n) is 6.23. The van der Waals surface area contributed by atoms with Crippen molar-refractivity contribution in [1.82, 2.24) is 14.9 Å². The first-order chi connectivity index (χ1) is 8.70. The Labute approximate surface area is 107 Å². The van der Waals surface area contributed by atoms with Gasteiger partial charge in [0, 0.05) is 45.8 Å². The van der Waals surface area contributed by atoms with Gasteiger partial charge in [-0.15, -0.1) is 0 Å². The maximum Gasteiger partial charge on any atom is 0.225 e. The van der Waals surface area contributed by atoms with Gasteiger partial charge in [-0.1, -0.05) is 0 Å². The summed E-state index contributed by atoms with van der Waals surface area (Å²) in [5, 5.41) is 0. The molecule has 0 atom stereocenters. The molecule has 2 rings (SSSR count). The second-order valence-corrected chi connectivity index (χ2v) is 4.40. The van der Waals surface area contributed by atoms with Crippen LogP contribution in [0.15, 0.2) is 12.3 Å². The highest BCUT2D eigenvalue weighted by Gasteiger charge is 2.18. The van der Waals surface area contributed by atoms with E-state index >= 15 is 0 Å². The minimum absolute atomic E-state index is 0.133. The normalized spacial score (nSPS) is 16.6. The van der Waals surface area contributed by atoms with E-state index in [1.54, 1.807) is 13.1 Å². The molecule has 1 aromatic heterocycles. The summed E-state index contributed by atoms with van der Waals surface area (Å²) < 4.78 is 0. The highest BCUT2D eigenvalue weighted by atomic mass is 16.2. The van der Waals surface area contributed by atoms with Gasteiger partial charge < -0.3 is 15.5 Å². The average molecular weight is 249 g/mol. The molecule has 0 spiro atoms. The number of carbonyl (C=O) groups excluding carboxylic acids is 1. The van der Waals surface area contributed by atoms with Crippen molar-refractivity contribution in [1.29, 1.82) is 0 Å². The molecule has 1 aliphatic rings. The Morgan fingerprint density at radius 2 is 2.22 bits per heavy atom. The largest absolute Gasteiger partial charge is 0.341 e.